The van der Waals surface area contributed by atoms with Crippen LogP contribution in [0.15, 0.2) is 36.4 Å². The molecule has 2 aromatic rings. The summed E-state index contributed by atoms with van der Waals surface area (Å²) >= 11 is 0. The maximum absolute atomic E-state index is 12.1. The molecule has 0 unspecified atom stereocenters. The SMILES string of the molecule is CCN(CC)C(=O)c1ccc(Nc2cccc(OC)c2)nn1. The Morgan fingerprint density at radius 3 is 2.55 bits per heavy atom. The molecule has 0 atom stereocenters. The maximum atomic E-state index is 12.1. The Morgan fingerprint density at radius 2 is 1.95 bits per heavy atom. The Labute approximate surface area is 130 Å². The van der Waals surface area contributed by atoms with Crippen molar-refractivity contribution in [2.24, 2.45) is 0 Å². The number of hydrogen-bond donors (Lipinski definition) is 1. The van der Waals surface area contributed by atoms with Gasteiger partial charge in [-0.05, 0) is 38.1 Å². The third-order valence-corrected chi connectivity index (χ3v) is 3.28. The van der Waals surface area contributed by atoms with E-state index in [0.717, 1.165) is 11.4 Å². The van der Waals surface area contributed by atoms with Crippen molar-refractivity contribution in [2.45, 2.75) is 13.8 Å². The molecule has 1 heterocycles. The first kappa shape index (κ1) is 15.8. The summed E-state index contributed by atoms with van der Waals surface area (Å²) in [6.45, 7) is 5.18. The zero-order valence-electron chi connectivity index (χ0n) is 13.0. The molecular formula is C16H20N4O2. The van der Waals surface area contributed by atoms with Gasteiger partial charge < -0.3 is 15.0 Å². The van der Waals surface area contributed by atoms with Gasteiger partial charge in [0.15, 0.2) is 11.5 Å². The summed E-state index contributed by atoms with van der Waals surface area (Å²) in [5.74, 6) is 1.22. The smallest absolute Gasteiger partial charge is 0.274 e. The number of nitrogens with zero attached hydrogens (tertiary/aromatic N) is 3. The van der Waals surface area contributed by atoms with Gasteiger partial charge in [0.1, 0.15) is 5.75 Å². The van der Waals surface area contributed by atoms with Gasteiger partial charge in [0.05, 0.1) is 7.11 Å². The molecular weight excluding hydrogens is 280 g/mol. The number of carbonyl (C=O) groups is 1. The first-order valence-electron chi connectivity index (χ1n) is 7.22. The normalized spacial score (nSPS) is 10.1. The number of hydrogen-bond acceptors (Lipinski definition) is 5. The molecule has 0 saturated heterocycles. The van der Waals surface area contributed by atoms with E-state index >= 15 is 0 Å². The van der Waals surface area contributed by atoms with E-state index in [1.54, 1.807) is 24.1 Å². The summed E-state index contributed by atoms with van der Waals surface area (Å²) in [4.78, 5) is 13.9. The fourth-order valence-electron chi connectivity index (χ4n) is 2.03. The van der Waals surface area contributed by atoms with Crippen LogP contribution in [0.3, 0.4) is 0 Å². The van der Waals surface area contributed by atoms with Crippen LogP contribution in [0.1, 0.15) is 24.3 Å². The zero-order valence-corrected chi connectivity index (χ0v) is 13.0. The summed E-state index contributed by atoms with van der Waals surface area (Å²) in [5, 5.41) is 11.2. The van der Waals surface area contributed by atoms with Crippen molar-refractivity contribution >= 4 is 17.4 Å². The number of benzene rings is 1. The number of anilines is 2. The lowest BCUT2D eigenvalue weighted by atomic mass is 10.3. The lowest BCUT2D eigenvalue weighted by molar-refractivity contribution is 0.0766. The van der Waals surface area contributed by atoms with Gasteiger partial charge in [-0.3, -0.25) is 4.79 Å². The Kier molecular flexibility index (Phi) is 5.30. The second-order valence-corrected chi connectivity index (χ2v) is 4.64. The second kappa shape index (κ2) is 7.40. The quantitative estimate of drug-likeness (QED) is 0.888. The van der Waals surface area contributed by atoms with Gasteiger partial charge >= 0.3 is 0 Å². The predicted octanol–water partition coefficient (Wildman–Crippen LogP) is 2.71. The number of methoxy groups -OCH3 is 1. The summed E-state index contributed by atoms with van der Waals surface area (Å²) in [6.07, 6.45) is 0. The third-order valence-electron chi connectivity index (χ3n) is 3.28. The fraction of sp³-hybridized carbons (Fsp3) is 0.312. The molecule has 0 saturated carbocycles. The van der Waals surface area contributed by atoms with Crippen LogP contribution in [0, 0.1) is 0 Å². The first-order valence-corrected chi connectivity index (χ1v) is 7.22. The lowest BCUT2D eigenvalue weighted by Gasteiger charge is -2.17. The Morgan fingerprint density at radius 1 is 1.18 bits per heavy atom. The molecule has 0 spiro atoms. The standard InChI is InChI=1S/C16H20N4O2/c1-4-20(5-2)16(21)14-9-10-15(19-18-14)17-12-7-6-8-13(11-12)22-3/h6-11H,4-5H2,1-3H3,(H,17,19). The number of aromatic nitrogens is 2. The third kappa shape index (κ3) is 3.72. The molecule has 1 N–H and O–H groups in total. The number of carbonyl (C=O) groups excluding carboxylic acids is 1. The summed E-state index contributed by atoms with van der Waals surface area (Å²) < 4.78 is 5.17. The fourth-order valence-corrected chi connectivity index (χ4v) is 2.03. The van der Waals surface area contributed by atoms with E-state index in [4.69, 9.17) is 4.74 Å². The summed E-state index contributed by atoms with van der Waals surface area (Å²) in [7, 11) is 1.62. The minimum Gasteiger partial charge on any atom is -0.497 e. The average molecular weight is 300 g/mol. The molecule has 0 aliphatic carbocycles. The number of rotatable bonds is 6. The number of ether oxygens (including phenoxy) is 1. The van der Waals surface area contributed by atoms with Crippen LogP contribution in [0.5, 0.6) is 5.75 Å². The van der Waals surface area contributed by atoms with Gasteiger partial charge in [0.25, 0.3) is 5.91 Å². The molecule has 0 aliphatic heterocycles. The molecule has 1 aromatic carbocycles. The first-order chi connectivity index (χ1) is 10.7. The minimum atomic E-state index is -0.106. The lowest BCUT2D eigenvalue weighted by Crippen LogP contribution is -2.31. The number of amides is 1. The van der Waals surface area contributed by atoms with Crippen molar-refractivity contribution in [1.29, 1.82) is 0 Å². The van der Waals surface area contributed by atoms with Crippen LogP contribution in [0.2, 0.25) is 0 Å². The van der Waals surface area contributed by atoms with E-state index in [9.17, 15) is 4.79 Å². The van der Waals surface area contributed by atoms with E-state index in [1.165, 1.54) is 0 Å². The Bertz CT molecular complexity index is 624. The highest BCUT2D eigenvalue weighted by Gasteiger charge is 2.14. The van der Waals surface area contributed by atoms with Crippen LogP contribution < -0.4 is 10.1 Å². The Hall–Kier alpha value is -2.63. The van der Waals surface area contributed by atoms with Crippen molar-refractivity contribution < 1.29 is 9.53 Å². The molecule has 0 fully saturated rings. The molecule has 1 aromatic heterocycles. The second-order valence-electron chi connectivity index (χ2n) is 4.64. The van der Waals surface area contributed by atoms with E-state index in [0.29, 0.717) is 24.6 Å². The van der Waals surface area contributed by atoms with E-state index in [2.05, 4.69) is 15.5 Å². The molecule has 0 bridgehead atoms. The van der Waals surface area contributed by atoms with Gasteiger partial charge in [-0.15, -0.1) is 10.2 Å². The summed E-state index contributed by atoms with van der Waals surface area (Å²) in [5.41, 5.74) is 1.19. The molecule has 2 rings (SSSR count). The minimum absolute atomic E-state index is 0.106. The topological polar surface area (TPSA) is 67.4 Å². The zero-order chi connectivity index (χ0) is 15.9. The van der Waals surface area contributed by atoms with Crippen LogP contribution in [-0.4, -0.2) is 41.2 Å². The van der Waals surface area contributed by atoms with Gasteiger partial charge in [-0.25, -0.2) is 0 Å². The van der Waals surface area contributed by atoms with Crippen molar-refractivity contribution in [3.05, 3.63) is 42.1 Å². The van der Waals surface area contributed by atoms with Crippen molar-refractivity contribution in [3.8, 4) is 5.75 Å². The summed E-state index contributed by atoms with van der Waals surface area (Å²) in [6, 6.07) is 10.9. The van der Waals surface area contributed by atoms with Crippen LogP contribution >= 0.6 is 0 Å². The molecule has 0 aliphatic rings. The van der Waals surface area contributed by atoms with Crippen LogP contribution in [0.4, 0.5) is 11.5 Å². The van der Waals surface area contributed by atoms with Crippen molar-refractivity contribution in [1.82, 2.24) is 15.1 Å². The predicted molar refractivity (Wildman–Crippen MR) is 85.6 cm³/mol. The van der Waals surface area contributed by atoms with E-state index in [-0.39, 0.29) is 5.91 Å². The van der Waals surface area contributed by atoms with Gasteiger partial charge in [0, 0.05) is 24.8 Å². The highest BCUT2D eigenvalue weighted by Crippen LogP contribution is 2.19. The monoisotopic (exact) mass is 300 g/mol. The van der Waals surface area contributed by atoms with Gasteiger partial charge in [-0.1, -0.05) is 6.07 Å². The van der Waals surface area contributed by atoms with Gasteiger partial charge in [0.2, 0.25) is 0 Å². The van der Waals surface area contributed by atoms with Crippen molar-refractivity contribution in [2.75, 3.05) is 25.5 Å². The highest BCUT2D eigenvalue weighted by atomic mass is 16.5. The van der Waals surface area contributed by atoms with Gasteiger partial charge in [-0.2, -0.15) is 0 Å². The van der Waals surface area contributed by atoms with E-state index < -0.39 is 0 Å². The maximum Gasteiger partial charge on any atom is 0.274 e. The number of nitrogens with one attached hydrogen (secondary N) is 1. The molecule has 6 nitrogen and oxygen atoms in total. The molecule has 116 valence electrons. The molecule has 22 heavy (non-hydrogen) atoms. The average Bonchev–Trinajstić information content (AvgIpc) is 2.56. The molecule has 1 amide bonds. The van der Waals surface area contributed by atoms with Crippen LogP contribution in [-0.2, 0) is 0 Å². The van der Waals surface area contributed by atoms with Crippen molar-refractivity contribution in [3.63, 3.8) is 0 Å². The molecule has 6 heteroatoms. The van der Waals surface area contributed by atoms with Crippen LogP contribution in [0.25, 0.3) is 0 Å². The molecule has 0 radical (unpaired) electrons. The Balaban J connectivity index is 2.10. The van der Waals surface area contributed by atoms with E-state index in [1.807, 2.05) is 38.1 Å². The highest BCUT2D eigenvalue weighted by molar-refractivity contribution is 5.92. The largest absolute Gasteiger partial charge is 0.497 e.